The van der Waals surface area contributed by atoms with Crippen molar-refractivity contribution in [1.29, 1.82) is 0 Å². The van der Waals surface area contributed by atoms with Crippen LogP contribution in [0, 0.1) is 0 Å². The molecule has 2 aromatic rings. The lowest BCUT2D eigenvalue weighted by Gasteiger charge is -2.24. The van der Waals surface area contributed by atoms with Crippen LogP contribution >= 0.6 is 35.6 Å². The highest BCUT2D eigenvalue weighted by Crippen LogP contribution is 2.43. The van der Waals surface area contributed by atoms with E-state index in [4.69, 9.17) is 28.9 Å². The molecule has 2 rings (SSSR count). The van der Waals surface area contributed by atoms with Gasteiger partial charge in [0.05, 0.1) is 7.11 Å². The van der Waals surface area contributed by atoms with Gasteiger partial charge in [0.15, 0.2) is 4.33 Å². The monoisotopic (exact) mass is 389 g/mol. The van der Waals surface area contributed by atoms with Crippen molar-refractivity contribution in [3.05, 3.63) is 65.2 Å². The van der Waals surface area contributed by atoms with Crippen molar-refractivity contribution in [1.82, 2.24) is 0 Å². The van der Waals surface area contributed by atoms with E-state index < -0.39 is 16.3 Å². The van der Waals surface area contributed by atoms with Gasteiger partial charge in [0.2, 0.25) is 0 Å². The van der Waals surface area contributed by atoms with E-state index in [1.54, 1.807) is 18.2 Å². The SMILES string of the molecule is COC(=O)[C@@H](N)Cc1ccc(O)cc1C(Cl)(Cl)c1ccccc1.Cl. The third kappa shape index (κ3) is 4.54. The quantitative estimate of drug-likeness (QED) is 0.605. The van der Waals surface area contributed by atoms with Crippen molar-refractivity contribution < 1.29 is 14.6 Å². The second-order valence-corrected chi connectivity index (χ2v) is 6.44. The molecule has 0 aliphatic rings. The Kier molecular flexibility index (Phi) is 7.36. The summed E-state index contributed by atoms with van der Waals surface area (Å²) in [6, 6.07) is 12.8. The van der Waals surface area contributed by atoms with Crippen molar-refractivity contribution in [2.75, 3.05) is 7.11 Å². The Bertz CT molecular complexity index is 693. The van der Waals surface area contributed by atoms with Gasteiger partial charge in [0.1, 0.15) is 11.8 Å². The Labute approximate surface area is 156 Å². The first-order valence-corrected chi connectivity index (χ1v) is 7.71. The largest absolute Gasteiger partial charge is 0.508 e. The Hall–Kier alpha value is -1.46. The molecule has 0 unspecified atom stereocenters. The summed E-state index contributed by atoms with van der Waals surface area (Å²) >= 11 is 13.1. The van der Waals surface area contributed by atoms with Crippen molar-refractivity contribution in [3.8, 4) is 5.75 Å². The molecule has 0 saturated heterocycles. The number of aromatic hydroxyl groups is 1. The average molecular weight is 391 g/mol. The number of phenolic OH excluding ortho intramolecular Hbond substituents is 1. The van der Waals surface area contributed by atoms with Crippen LogP contribution in [0.1, 0.15) is 16.7 Å². The van der Waals surface area contributed by atoms with Gasteiger partial charge in [-0.05, 0) is 35.2 Å². The molecule has 0 aliphatic heterocycles. The fourth-order valence-electron chi connectivity index (χ4n) is 2.31. The number of ether oxygens (including phenoxy) is 1. The Morgan fingerprint density at radius 1 is 1.25 bits per heavy atom. The van der Waals surface area contributed by atoms with Crippen LogP contribution in [0.15, 0.2) is 48.5 Å². The Morgan fingerprint density at radius 2 is 1.88 bits per heavy atom. The zero-order chi connectivity index (χ0) is 17.0. The van der Waals surface area contributed by atoms with Gasteiger partial charge in [-0.1, -0.05) is 59.6 Å². The van der Waals surface area contributed by atoms with Crippen LogP contribution in [0.4, 0.5) is 0 Å². The number of rotatable bonds is 5. The Balaban J connectivity index is 0.00000288. The molecular formula is C17H18Cl3NO3. The maximum absolute atomic E-state index is 11.6. The number of alkyl halides is 2. The molecule has 24 heavy (non-hydrogen) atoms. The highest BCUT2D eigenvalue weighted by atomic mass is 35.5. The van der Waals surface area contributed by atoms with Gasteiger partial charge in [0.25, 0.3) is 0 Å². The second-order valence-electron chi connectivity index (χ2n) is 5.12. The highest BCUT2D eigenvalue weighted by molar-refractivity contribution is 6.50. The highest BCUT2D eigenvalue weighted by Gasteiger charge is 2.32. The second kappa shape index (κ2) is 8.58. The Morgan fingerprint density at radius 3 is 2.46 bits per heavy atom. The standard InChI is InChI=1S/C17H17Cl2NO3.ClH/c1-23-16(22)15(20)9-11-7-8-13(21)10-14(11)17(18,19)12-5-3-2-4-6-12;/h2-8,10,15,21H,9,20H2,1H3;1H/t15-;/m0./s1. The minimum atomic E-state index is -1.38. The van der Waals surface area contributed by atoms with Gasteiger partial charge in [-0.2, -0.15) is 0 Å². The lowest BCUT2D eigenvalue weighted by atomic mass is 9.94. The zero-order valence-corrected chi connectivity index (χ0v) is 15.2. The van der Waals surface area contributed by atoms with Crippen LogP contribution in [0.2, 0.25) is 0 Å². The molecule has 0 bridgehead atoms. The van der Waals surface area contributed by atoms with Crippen LogP contribution in [-0.4, -0.2) is 24.2 Å². The van der Waals surface area contributed by atoms with E-state index in [1.807, 2.05) is 18.2 Å². The fraction of sp³-hybridized carbons (Fsp3) is 0.235. The molecule has 0 spiro atoms. The van der Waals surface area contributed by atoms with Crippen LogP contribution in [-0.2, 0) is 20.3 Å². The molecule has 2 aromatic carbocycles. The maximum Gasteiger partial charge on any atom is 0.322 e. The van der Waals surface area contributed by atoms with Gasteiger partial charge < -0.3 is 15.6 Å². The molecular weight excluding hydrogens is 373 g/mol. The number of hydrogen-bond acceptors (Lipinski definition) is 4. The predicted molar refractivity (Wildman–Crippen MR) is 98.0 cm³/mol. The molecule has 0 aliphatic carbocycles. The van der Waals surface area contributed by atoms with Crippen LogP contribution in [0.5, 0.6) is 5.75 Å². The summed E-state index contributed by atoms with van der Waals surface area (Å²) in [4.78, 5) is 11.6. The number of phenols is 1. The number of halogens is 3. The number of esters is 1. The molecule has 0 amide bonds. The predicted octanol–water partition coefficient (Wildman–Crippen LogP) is 3.54. The van der Waals surface area contributed by atoms with E-state index in [0.29, 0.717) is 16.7 Å². The molecule has 0 saturated carbocycles. The first-order chi connectivity index (χ1) is 10.9. The summed E-state index contributed by atoms with van der Waals surface area (Å²) in [6.45, 7) is 0. The van der Waals surface area contributed by atoms with E-state index in [2.05, 4.69) is 4.74 Å². The summed E-state index contributed by atoms with van der Waals surface area (Å²) < 4.78 is 3.26. The third-order valence-corrected chi connectivity index (χ3v) is 4.36. The van der Waals surface area contributed by atoms with Gasteiger partial charge in [-0.15, -0.1) is 12.4 Å². The van der Waals surface area contributed by atoms with Gasteiger partial charge in [-0.25, -0.2) is 0 Å². The summed E-state index contributed by atoms with van der Waals surface area (Å²) in [5.74, 6) is -0.504. The fourth-order valence-corrected chi connectivity index (χ4v) is 2.91. The molecule has 0 heterocycles. The smallest absolute Gasteiger partial charge is 0.322 e. The van der Waals surface area contributed by atoms with E-state index in [1.165, 1.54) is 19.2 Å². The summed E-state index contributed by atoms with van der Waals surface area (Å²) in [5.41, 5.74) is 7.62. The van der Waals surface area contributed by atoms with Gasteiger partial charge >= 0.3 is 5.97 Å². The normalized spacial score (nSPS) is 12.2. The summed E-state index contributed by atoms with van der Waals surface area (Å²) in [7, 11) is 1.28. The number of hydrogen-bond donors (Lipinski definition) is 2. The zero-order valence-electron chi connectivity index (χ0n) is 12.9. The van der Waals surface area contributed by atoms with Crippen molar-refractivity contribution in [2.45, 2.75) is 16.8 Å². The minimum Gasteiger partial charge on any atom is -0.508 e. The number of nitrogens with two attached hydrogens (primary N) is 1. The number of methoxy groups -OCH3 is 1. The van der Waals surface area contributed by atoms with Crippen molar-refractivity contribution in [2.24, 2.45) is 5.73 Å². The number of benzene rings is 2. The molecule has 1 atom stereocenters. The van der Waals surface area contributed by atoms with Gasteiger partial charge in [0, 0.05) is 0 Å². The molecule has 0 fully saturated rings. The molecule has 7 heteroatoms. The lowest BCUT2D eigenvalue weighted by Crippen LogP contribution is -2.34. The van der Waals surface area contributed by atoms with Crippen LogP contribution in [0.3, 0.4) is 0 Å². The molecule has 4 nitrogen and oxygen atoms in total. The van der Waals surface area contributed by atoms with E-state index >= 15 is 0 Å². The molecule has 0 radical (unpaired) electrons. The lowest BCUT2D eigenvalue weighted by molar-refractivity contribution is -0.142. The first-order valence-electron chi connectivity index (χ1n) is 6.95. The van der Waals surface area contributed by atoms with Crippen LogP contribution in [0.25, 0.3) is 0 Å². The van der Waals surface area contributed by atoms with Crippen LogP contribution < -0.4 is 5.73 Å². The van der Waals surface area contributed by atoms with Gasteiger partial charge in [-0.3, -0.25) is 4.79 Å². The number of carbonyl (C=O) groups excluding carboxylic acids is 1. The maximum atomic E-state index is 11.6. The first kappa shape index (κ1) is 20.6. The van der Waals surface area contributed by atoms with Crippen molar-refractivity contribution >= 4 is 41.6 Å². The van der Waals surface area contributed by atoms with Crippen molar-refractivity contribution in [3.63, 3.8) is 0 Å². The van der Waals surface area contributed by atoms with E-state index in [-0.39, 0.29) is 24.6 Å². The molecule has 130 valence electrons. The average Bonchev–Trinajstić information content (AvgIpc) is 2.56. The molecule has 3 N–H and O–H groups in total. The van der Waals surface area contributed by atoms with E-state index in [0.717, 1.165) is 0 Å². The summed E-state index contributed by atoms with van der Waals surface area (Å²) in [6.07, 6.45) is 0.191. The number of carbonyl (C=O) groups is 1. The summed E-state index contributed by atoms with van der Waals surface area (Å²) in [5, 5.41) is 9.80. The van der Waals surface area contributed by atoms with E-state index in [9.17, 15) is 9.90 Å². The molecule has 0 aromatic heterocycles. The third-order valence-electron chi connectivity index (χ3n) is 3.51. The topological polar surface area (TPSA) is 72.5 Å². The minimum absolute atomic E-state index is 0.